The van der Waals surface area contributed by atoms with Crippen LogP contribution in [-0.4, -0.2) is 15.8 Å². The number of hydrazone groups is 1. The highest BCUT2D eigenvalue weighted by molar-refractivity contribution is 7.80. The summed E-state index contributed by atoms with van der Waals surface area (Å²) < 4.78 is 0. The van der Waals surface area contributed by atoms with Crippen molar-refractivity contribution in [1.82, 2.24) is 10.4 Å². The van der Waals surface area contributed by atoms with Crippen molar-refractivity contribution in [2.24, 2.45) is 10.8 Å². The molecule has 0 aliphatic heterocycles. The predicted octanol–water partition coefficient (Wildman–Crippen LogP) is 2.88. The molecule has 0 atom stereocenters. The number of rotatable bonds is 2. The van der Waals surface area contributed by atoms with Crippen molar-refractivity contribution in [3.8, 4) is 0 Å². The number of thiocarbonyl (C=S) groups is 1. The second kappa shape index (κ2) is 4.94. The Kier molecular flexibility index (Phi) is 3.12. The van der Waals surface area contributed by atoms with Gasteiger partial charge in [-0.05, 0) is 36.8 Å². The normalized spacial score (nSPS) is 11.9. The zero-order valence-electron chi connectivity index (χ0n) is 11.0. The number of nitrogens with one attached hydrogen (secondary N) is 2. The molecule has 0 aliphatic carbocycles. The molecule has 2 aromatic carbocycles. The van der Waals surface area contributed by atoms with Crippen molar-refractivity contribution >= 4 is 44.8 Å². The summed E-state index contributed by atoms with van der Waals surface area (Å²) in [7, 11) is 0. The Morgan fingerprint density at radius 1 is 1.15 bits per heavy atom. The van der Waals surface area contributed by atoms with Crippen LogP contribution in [0.5, 0.6) is 0 Å². The van der Waals surface area contributed by atoms with Crippen molar-refractivity contribution in [3.63, 3.8) is 0 Å². The third-order valence-electron chi connectivity index (χ3n) is 3.26. The van der Waals surface area contributed by atoms with E-state index in [9.17, 15) is 0 Å². The van der Waals surface area contributed by atoms with Gasteiger partial charge in [-0.1, -0.05) is 30.3 Å². The molecule has 0 fully saturated rings. The van der Waals surface area contributed by atoms with Gasteiger partial charge in [0.25, 0.3) is 0 Å². The first-order valence-electron chi connectivity index (χ1n) is 6.26. The highest BCUT2D eigenvalue weighted by atomic mass is 32.1. The second-order valence-corrected chi connectivity index (χ2v) is 5.04. The molecule has 0 amide bonds. The minimum absolute atomic E-state index is 0.163. The highest BCUT2D eigenvalue weighted by Gasteiger charge is 2.05. The smallest absolute Gasteiger partial charge is 0.184 e. The lowest BCUT2D eigenvalue weighted by atomic mass is 10.1. The molecule has 0 aliphatic rings. The molecule has 0 radical (unpaired) electrons. The number of nitrogens with two attached hydrogens (primary N) is 1. The SMILES string of the molecule is C/C(=N/NC(N)=S)c1ccc2c(c1)[nH]c1ccccc12. The van der Waals surface area contributed by atoms with Crippen molar-refractivity contribution in [3.05, 3.63) is 48.0 Å². The van der Waals surface area contributed by atoms with Crippen LogP contribution < -0.4 is 11.2 Å². The quantitative estimate of drug-likeness (QED) is 0.385. The molecule has 0 bridgehead atoms. The molecule has 0 spiro atoms. The number of fused-ring (bicyclic) bond motifs is 3. The largest absolute Gasteiger partial charge is 0.375 e. The fourth-order valence-electron chi connectivity index (χ4n) is 2.28. The lowest BCUT2D eigenvalue weighted by Gasteiger charge is -2.02. The van der Waals surface area contributed by atoms with Gasteiger partial charge in [-0.15, -0.1) is 0 Å². The number of nitrogens with zero attached hydrogens (tertiary/aromatic N) is 1. The first-order valence-corrected chi connectivity index (χ1v) is 6.66. The van der Waals surface area contributed by atoms with Gasteiger partial charge in [0.15, 0.2) is 5.11 Å². The zero-order valence-corrected chi connectivity index (χ0v) is 11.8. The minimum atomic E-state index is 0.163. The van der Waals surface area contributed by atoms with Crippen LogP contribution in [0.1, 0.15) is 12.5 Å². The van der Waals surface area contributed by atoms with E-state index in [0.29, 0.717) is 0 Å². The Morgan fingerprint density at radius 2 is 1.90 bits per heavy atom. The Labute approximate surface area is 121 Å². The minimum Gasteiger partial charge on any atom is -0.375 e. The molecule has 20 heavy (non-hydrogen) atoms. The molecule has 1 heterocycles. The number of hydrogen-bond donors (Lipinski definition) is 3. The monoisotopic (exact) mass is 282 g/mol. The Hall–Kier alpha value is -2.40. The molecule has 5 heteroatoms. The Morgan fingerprint density at radius 3 is 2.70 bits per heavy atom. The number of aromatic nitrogens is 1. The van der Waals surface area contributed by atoms with Crippen molar-refractivity contribution in [2.45, 2.75) is 6.92 Å². The topological polar surface area (TPSA) is 66.2 Å². The van der Waals surface area contributed by atoms with E-state index in [1.807, 2.05) is 25.1 Å². The fraction of sp³-hybridized carbons (Fsp3) is 0.0667. The molecule has 0 saturated carbocycles. The molecule has 1 aromatic heterocycles. The van der Waals surface area contributed by atoms with Gasteiger partial charge in [0.05, 0.1) is 5.71 Å². The first kappa shape index (κ1) is 12.6. The molecule has 4 nitrogen and oxygen atoms in total. The molecule has 100 valence electrons. The number of hydrogen-bond acceptors (Lipinski definition) is 2. The summed E-state index contributed by atoms with van der Waals surface area (Å²) in [6, 6.07) is 14.5. The highest BCUT2D eigenvalue weighted by Crippen LogP contribution is 2.25. The summed E-state index contributed by atoms with van der Waals surface area (Å²) in [6.07, 6.45) is 0. The maximum Gasteiger partial charge on any atom is 0.184 e. The zero-order chi connectivity index (χ0) is 14.1. The van der Waals surface area contributed by atoms with Gasteiger partial charge >= 0.3 is 0 Å². The molecule has 0 unspecified atom stereocenters. The maximum atomic E-state index is 5.37. The van der Waals surface area contributed by atoms with Crippen LogP contribution in [0.25, 0.3) is 21.8 Å². The summed E-state index contributed by atoms with van der Waals surface area (Å²) in [5.74, 6) is 0. The van der Waals surface area contributed by atoms with E-state index in [2.05, 4.69) is 39.8 Å². The maximum absolute atomic E-state index is 5.37. The van der Waals surface area contributed by atoms with Crippen molar-refractivity contribution < 1.29 is 0 Å². The molecule has 3 rings (SSSR count). The number of para-hydroxylation sites is 1. The van der Waals surface area contributed by atoms with E-state index in [1.54, 1.807) is 0 Å². The second-order valence-electron chi connectivity index (χ2n) is 4.60. The van der Waals surface area contributed by atoms with E-state index >= 15 is 0 Å². The Bertz CT molecular complexity index is 832. The van der Waals surface area contributed by atoms with E-state index < -0.39 is 0 Å². The van der Waals surface area contributed by atoms with Gasteiger partial charge in [-0.3, -0.25) is 5.43 Å². The summed E-state index contributed by atoms with van der Waals surface area (Å²) in [5, 5.41) is 6.74. The van der Waals surface area contributed by atoms with Crippen LogP contribution in [0.2, 0.25) is 0 Å². The van der Waals surface area contributed by atoms with Gasteiger partial charge in [0.2, 0.25) is 0 Å². The number of aromatic amines is 1. The van der Waals surface area contributed by atoms with E-state index in [4.69, 9.17) is 18.0 Å². The number of H-pyrrole nitrogens is 1. The van der Waals surface area contributed by atoms with Crippen molar-refractivity contribution in [2.75, 3.05) is 0 Å². The van der Waals surface area contributed by atoms with Crippen LogP contribution in [-0.2, 0) is 0 Å². The third kappa shape index (κ3) is 2.23. The molecule has 4 N–H and O–H groups in total. The average molecular weight is 282 g/mol. The molecule has 0 saturated heterocycles. The van der Waals surface area contributed by atoms with E-state index in [0.717, 1.165) is 22.3 Å². The lowest BCUT2D eigenvalue weighted by molar-refractivity contribution is 1.03. The van der Waals surface area contributed by atoms with Gasteiger partial charge in [0.1, 0.15) is 0 Å². The van der Waals surface area contributed by atoms with Crippen LogP contribution >= 0.6 is 12.2 Å². The van der Waals surface area contributed by atoms with E-state index in [1.165, 1.54) is 10.8 Å². The third-order valence-corrected chi connectivity index (χ3v) is 3.35. The average Bonchev–Trinajstić information content (AvgIpc) is 2.82. The van der Waals surface area contributed by atoms with Crippen molar-refractivity contribution in [1.29, 1.82) is 0 Å². The summed E-state index contributed by atoms with van der Waals surface area (Å²) in [5.41, 5.74) is 12.1. The van der Waals surface area contributed by atoms with Gasteiger partial charge in [-0.2, -0.15) is 5.10 Å². The molecular formula is C15H14N4S. The standard InChI is InChI=1S/C15H14N4S/c1-9(18-19-15(16)20)10-6-7-12-11-4-2-3-5-13(11)17-14(12)8-10/h2-8,17H,1H3,(H3,16,19,20)/b18-9-. The van der Waals surface area contributed by atoms with Gasteiger partial charge < -0.3 is 10.7 Å². The predicted molar refractivity (Wildman–Crippen MR) is 87.9 cm³/mol. The summed E-state index contributed by atoms with van der Waals surface area (Å²) in [6.45, 7) is 1.91. The summed E-state index contributed by atoms with van der Waals surface area (Å²) in [4.78, 5) is 3.41. The van der Waals surface area contributed by atoms with Crippen LogP contribution in [0.15, 0.2) is 47.6 Å². The van der Waals surface area contributed by atoms with Gasteiger partial charge in [-0.25, -0.2) is 0 Å². The molecular weight excluding hydrogens is 268 g/mol. The fourth-order valence-corrected chi connectivity index (χ4v) is 2.33. The van der Waals surface area contributed by atoms with Crippen LogP contribution in [0.4, 0.5) is 0 Å². The lowest BCUT2D eigenvalue weighted by Crippen LogP contribution is -2.25. The van der Waals surface area contributed by atoms with E-state index in [-0.39, 0.29) is 5.11 Å². The number of benzene rings is 2. The first-order chi connectivity index (χ1) is 9.65. The molecule has 3 aromatic rings. The van der Waals surface area contributed by atoms with Crippen LogP contribution in [0.3, 0.4) is 0 Å². The van der Waals surface area contributed by atoms with Crippen LogP contribution in [0, 0.1) is 0 Å². The Balaban J connectivity index is 2.09. The summed E-state index contributed by atoms with van der Waals surface area (Å²) >= 11 is 4.74. The van der Waals surface area contributed by atoms with Gasteiger partial charge in [0, 0.05) is 21.8 Å².